The van der Waals surface area contributed by atoms with Crippen molar-refractivity contribution in [2.24, 2.45) is 0 Å². The van der Waals surface area contributed by atoms with E-state index in [1.165, 1.54) is 0 Å². The van der Waals surface area contributed by atoms with Crippen LogP contribution in [0.25, 0.3) is 22.2 Å². The van der Waals surface area contributed by atoms with Crippen molar-refractivity contribution >= 4 is 38.7 Å². The maximum atomic E-state index is 14.5. The molecule has 0 radical (unpaired) electrons. The first kappa shape index (κ1) is 25.4. The summed E-state index contributed by atoms with van der Waals surface area (Å²) in [6.07, 6.45) is -0.217. The molecule has 0 saturated heterocycles. The van der Waals surface area contributed by atoms with Crippen molar-refractivity contribution < 1.29 is 23.5 Å². The van der Waals surface area contributed by atoms with E-state index in [4.69, 9.17) is 10.1 Å². The molecule has 1 heterocycles. The van der Waals surface area contributed by atoms with Gasteiger partial charge in [-0.1, -0.05) is 46.3 Å². The number of rotatable bonds is 8. The number of carbonyl (C=O) groups is 2. The van der Waals surface area contributed by atoms with Gasteiger partial charge in [0.05, 0.1) is 16.8 Å². The van der Waals surface area contributed by atoms with E-state index >= 15 is 0 Å². The minimum atomic E-state index is -1.06. The van der Waals surface area contributed by atoms with E-state index in [0.29, 0.717) is 27.7 Å². The predicted molar refractivity (Wildman–Crippen MR) is 138 cm³/mol. The zero-order chi connectivity index (χ0) is 25.8. The molecule has 36 heavy (non-hydrogen) atoms. The highest BCUT2D eigenvalue weighted by molar-refractivity contribution is 9.10. The monoisotopic (exact) mass is 552 g/mol. The lowest BCUT2D eigenvalue weighted by Gasteiger charge is -2.20. The fraction of sp³-hybridized carbons (Fsp3) is 0.179. The molecule has 0 fully saturated rings. The van der Waals surface area contributed by atoms with E-state index in [0.717, 1.165) is 28.2 Å². The summed E-state index contributed by atoms with van der Waals surface area (Å²) in [5.41, 5.74) is 3.26. The van der Waals surface area contributed by atoms with Crippen LogP contribution >= 0.6 is 15.9 Å². The van der Waals surface area contributed by atoms with E-state index in [2.05, 4.69) is 21.2 Å². The third-order valence-electron chi connectivity index (χ3n) is 6.08. The molecule has 3 aromatic carbocycles. The third kappa shape index (κ3) is 5.60. The zero-order valence-corrected chi connectivity index (χ0v) is 21.0. The van der Waals surface area contributed by atoms with Crippen LogP contribution in [0, 0.1) is 18.6 Å². The van der Waals surface area contributed by atoms with Gasteiger partial charge in [0.15, 0.2) is 0 Å². The van der Waals surface area contributed by atoms with E-state index in [9.17, 15) is 18.4 Å². The molecule has 184 valence electrons. The standard InChI is InChI=1S/C28H23BrF2N2O3/c1-16-26(22-13-19(29)8-11-24(22)33-27(16)17-5-3-2-4-6-17)28(36)32-15-18(7-12-25(34)35)21-14-20(30)9-10-23(21)31/h2-6,8-11,13-14,18H,7,12,15H2,1H3,(H,32,36)(H,34,35). The summed E-state index contributed by atoms with van der Waals surface area (Å²) < 4.78 is 29.1. The largest absolute Gasteiger partial charge is 0.481 e. The van der Waals surface area contributed by atoms with Crippen molar-refractivity contribution in [1.82, 2.24) is 10.3 Å². The summed E-state index contributed by atoms with van der Waals surface area (Å²) in [5.74, 6) is -3.48. The number of nitrogens with one attached hydrogen (secondary N) is 1. The van der Waals surface area contributed by atoms with Crippen molar-refractivity contribution in [3.05, 3.63) is 99.5 Å². The number of carboxylic acids is 1. The topological polar surface area (TPSA) is 79.3 Å². The van der Waals surface area contributed by atoms with Gasteiger partial charge in [0.2, 0.25) is 0 Å². The van der Waals surface area contributed by atoms with Crippen molar-refractivity contribution in [2.45, 2.75) is 25.7 Å². The Bertz CT molecular complexity index is 1440. The second-order valence-electron chi connectivity index (χ2n) is 8.49. The number of carbonyl (C=O) groups excluding carboxylic acids is 1. The van der Waals surface area contributed by atoms with Gasteiger partial charge >= 0.3 is 5.97 Å². The van der Waals surface area contributed by atoms with Gasteiger partial charge in [0.1, 0.15) is 11.6 Å². The Morgan fingerprint density at radius 2 is 1.81 bits per heavy atom. The Balaban J connectivity index is 1.72. The smallest absolute Gasteiger partial charge is 0.303 e. The van der Waals surface area contributed by atoms with Gasteiger partial charge < -0.3 is 10.4 Å². The van der Waals surface area contributed by atoms with E-state index in [1.807, 2.05) is 55.5 Å². The number of hydrogen-bond acceptors (Lipinski definition) is 3. The van der Waals surface area contributed by atoms with E-state index in [1.54, 1.807) is 0 Å². The molecule has 0 aliphatic carbocycles. The average molecular weight is 553 g/mol. The third-order valence-corrected chi connectivity index (χ3v) is 6.57. The Hall–Kier alpha value is -3.65. The van der Waals surface area contributed by atoms with Gasteiger partial charge in [0, 0.05) is 34.3 Å². The molecular formula is C28H23BrF2N2O3. The lowest BCUT2D eigenvalue weighted by molar-refractivity contribution is -0.137. The van der Waals surface area contributed by atoms with Crippen LogP contribution in [0.5, 0.6) is 0 Å². The summed E-state index contributed by atoms with van der Waals surface area (Å²) in [7, 11) is 0. The summed E-state index contributed by atoms with van der Waals surface area (Å²) in [6.45, 7) is 1.75. The van der Waals surface area contributed by atoms with Crippen LogP contribution in [-0.4, -0.2) is 28.5 Å². The van der Waals surface area contributed by atoms with Gasteiger partial charge in [-0.25, -0.2) is 13.8 Å². The summed E-state index contributed by atoms with van der Waals surface area (Å²) in [5, 5.41) is 12.6. The van der Waals surface area contributed by atoms with Crippen LogP contribution in [-0.2, 0) is 4.79 Å². The lowest BCUT2D eigenvalue weighted by atomic mass is 9.92. The molecule has 0 aliphatic heterocycles. The first-order valence-corrected chi connectivity index (χ1v) is 12.1. The summed E-state index contributed by atoms with van der Waals surface area (Å²) in [4.78, 5) is 29.5. The number of fused-ring (bicyclic) bond motifs is 1. The number of aliphatic carboxylic acids is 1. The van der Waals surface area contributed by atoms with Gasteiger partial charge in [0.25, 0.3) is 5.91 Å². The van der Waals surface area contributed by atoms with Gasteiger partial charge in [-0.2, -0.15) is 0 Å². The molecule has 0 bridgehead atoms. The second kappa shape index (κ2) is 11.0. The molecule has 0 saturated carbocycles. The van der Waals surface area contributed by atoms with Crippen LogP contribution in [0.1, 0.15) is 40.2 Å². The molecule has 4 aromatic rings. The number of amides is 1. The highest BCUT2D eigenvalue weighted by Crippen LogP contribution is 2.32. The fourth-order valence-corrected chi connectivity index (χ4v) is 4.66. The molecule has 5 nitrogen and oxygen atoms in total. The minimum Gasteiger partial charge on any atom is -0.481 e. The number of halogens is 3. The van der Waals surface area contributed by atoms with Gasteiger partial charge in [-0.15, -0.1) is 0 Å². The predicted octanol–water partition coefficient (Wildman–Crippen LogP) is 6.63. The maximum absolute atomic E-state index is 14.5. The molecule has 1 aromatic heterocycles. The molecule has 1 unspecified atom stereocenters. The van der Waals surface area contributed by atoms with Crippen LogP contribution in [0.15, 0.2) is 71.2 Å². The molecule has 0 aliphatic rings. The minimum absolute atomic E-state index is 0.0283. The van der Waals surface area contributed by atoms with Gasteiger partial charge in [-0.05, 0) is 60.9 Å². The Labute approximate surface area is 215 Å². The number of pyridine rings is 1. The molecule has 2 N–H and O–H groups in total. The average Bonchev–Trinajstić information content (AvgIpc) is 2.85. The molecule has 8 heteroatoms. The maximum Gasteiger partial charge on any atom is 0.303 e. The van der Waals surface area contributed by atoms with Crippen molar-refractivity contribution in [1.29, 1.82) is 0 Å². The summed E-state index contributed by atoms with van der Waals surface area (Å²) >= 11 is 3.45. The Morgan fingerprint density at radius 3 is 2.53 bits per heavy atom. The Kier molecular flexibility index (Phi) is 7.74. The molecule has 4 rings (SSSR count). The number of benzene rings is 3. The fourth-order valence-electron chi connectivity index (χ4n) is 4.30. The second-order valence-corrected chi connectivity index (χ2v) is 9.41. The number of hydrogen-bond donors (Lipinski definition) is 2. The lowest BCUT2D eigenvalue weighted by Crippen LogP contribution is -2.30. The number of aromatic nitrogens is 1. The van der Waals surface area contributed by atoms with Crippen LogP contribution < -0.4 is 5.32 Å². The quantitative estimate of drug-likeness (QED) is 0.257. The van der Waals surface area contributed by atoms with Crippen LogP contribution in [0.4, 0.5) is 8.78 Å². The first-order chi connectivity index (χ1) is 17.2. The highest BCUT2D eigenvalue weighted by Gasteiger charge is 2.23. The van der Waals surface area contributed by atoms with Crippen molar-refractivity contribution in [3.63, 3.8) is 0 Å². The van der Waals surface area contributed by atoms with Gasteiger partial charge in [-0.3, -0.25) is 9.59 Å². The highest BCUT2D eigenvalue weighted by atomic mass is 79.9. The molecule has 0 spiro atoms. The van der Waals surface area contributed by atoms with Crippen molar-refractivity contribution in [3.8, 4) is 11.3 Å². The van der Waals surface area contributed by atoms with E-state index in [-0.39, 0.29) is 24.9 Å². The molecular weight excluding hydrogens is 530 g/mol. The normalized spacial score (nSPS) is 11.9. The SMILES string of the molecule is Cc1c(-c2ccccc2)nc2ccc(Br)cc2c1C(=O)NCC(CCC(=O)O)c1cc(F)ccc1F. The van der Waals surface area contributed by atoms with Crippen LogP contribution in [0.2, 0.25) is 0 Å². The van der Waals surface area contributed by atoms with Crippen molar-refractivity contribution in [2.75, 3.05) is 6.54 Å². The zero-order valence-electron chi connectivity index (χ0n) is 19.4. The number of carboxylic acid groups (broad SMARTS) is 1. The Morgan fingerprint density at radius 1 is 1.06 bits per heavy atom. The van der Waals surface area contributed by atoms with Crippen LogP contribution in [0.3, 0.4) is 0 Å². The molecule has 1 atom stereocenters. The van der Waals surface area contributed by atoms with E-state index < -0.39 is 29.4 Å². The summed E-state index contributed by atoms with van der Waals surface area (Å²) in [6, 6.07) is 18.0. The molecule has 1 amide bonds. The first-order valence-electron chi connectivity index (χ1n) is 11.3. The number of nitrogens with zero attached hydrogens (tertiary/aromatic N) is 1.